The lowest BCUT2D eigenvalue weighted by Gasteiger charge is -2.29. The highest BCUT2D eigenvalue weighted by atomic mass is 32.2. The third-order valence-corrected chi connectivity index (χ3v) is 5.56. The zero-order valence-electron chi connectivity index (χ0n) is 18.3. The third kappa shape index (κ3) is 4.80. The molecule has 0 aliphatic carbocycles. The van der Waals surface area contributed by atoms with Gasteiger partial charge in [-0.05, 0) is 40.2 Å². The van der Waals surface area contributed by atoms with E-state index in [1.807, 2.05) is 52.0 Å². The Hall–Kier alpha value is -2.48. The van der Waals surface area contributed by atoms with E-state index in [-0.39, 0.29) is 12.1 Å². The van der Waals surface area contributed by atoms with Crippen LogP contribution in [-0.4, -0.2) is 39.2 Å². The topological polar surface area (TPSA) is 78.3 Å². The molecule has 0 spiro atoms. The third-order valence-electron chi connectivity index (χ3n) is 4.64. The molecule has 0 amide bonds. The summed E-state index contributed by atoms with van der Waals surface area (Å²) in [5, 5.41) is 8.67. The van der Waals surface area contributed by atoms with Crippen molar-refractivity contribution in [2.75, 3.05) is 17.7 Å². The van der Waals surface area contributed by atoms with Gasteiger partial charge in [-0.25, -0.2) is 9.48 Å². The fraction of sp³-hybridized carbons (Fsp3) is 0.500. The van der Waals surface area contributed by atoms with Crippen LogP contribution in [-0.2, 0) is 9.53 Å². The molecular weight excluding hydrogens is 400 g/mol. The second-order valence-electron chi connectivity index (χ2n) is 7.36. The minimum absolute atomic E-state index is 0.224. The first-order valence-electron chi connectivity index (χ1n) is 10.5. The van der Waals surface area contributed by atoms with Gasteiger partial charge in [0.05, 0.1) is 18.3 Å². The van der Waals surface area contributed by atoms with Crippen LogP contribution in [0, 0.1) is 0 Å². The Balaban J connectivity index is 2.09. The molecule has 8 heteroatoms. The van der Waals surface area contributed by atoms with Crippen molar-refractivity contribution in [1.82, 2.24) is 14.8 Å². The number of rotatable bonds is 9. The lowest BCUT2D eigenvalue weighted by Crippen LogP contribution is -2.31. The van der Waals surface area contributed by atoms with E-state index in [4.69, 9.17) is 14.6 Å². The number of benzene rings is 1. The number of aromatic nitrogens is 3. The summed E-state index contributed by atoms with van der Waals surface area (Å²) in [6.45, 7) is 10.2. The number of hydrogen-bond donors (Lipinski definition) is 1. The number of unbranched alkanes of at least 4 members (excludes halogenated alkanes) is 1. The van der Waals surface area contributed by atoms with E-state index >= 15 is 0 Å². The van der Waals surface area contributed by atoms with Crippen LogP contribution in [0.3, 0.4) is 0 Å². The Morgan fingerprint density at radius 1 is 1.30 bits per heavy atom. The van der Waals surface area contributed by atoms with Crippen LogP contribution in [0.4, 0.5) is 5.95 Å². The number of carbonyl (C=O) groups is 1. The molecule has 1 N–H and O–H groups in total. The monoisotopic (exact) mass is 430 g/mol. The van der Waals surface area contributed by atoms with Crippen LogP contribution in [0.2, 0.25) is 0 Å². The van der Waals surface area contributed by atoms with Crippen molar-refractivity contribution in [1.29, 1.82) is 0 Å². The fourth-order valence-electron chi connectivity index (χ4n) is 3.32. The van der Waals surface area contributed by atoms with Crippen LogP contribution in [0.25, 0.3) is 0 Å². The van der Waals surface area contributed by atoms with Crippen molar-refractivity contribution in [3.8, 4) is 5.75 Å². The van der Waals surface area contributed by atoms with Crippen LogP contribution < -0.4 is 10.1 Å². The summed E-state index contributed by atoms with van der Waals surface area (Å²) in [6.07, 6.45) is 1.99. The summed E-state index contributed by atoms with van der Waals surface area (Å²) in [6, 6.07) is 7.26. The van der Waals surface area contributed by atoms with Gasteiger partial charge in [0, 0.05) is 17.0 Å². The SMILES string of the molecule is CCCCSc1nc2n(n1)C(c1ccccc1OCC)C(C(=O)OC(C)C)=C(C)N2. The first-order chi connectivity index (χ1) is 14.5. The molecule has 2 heterocycles. The quantitative estimate of drug-likeness (QED) is 0.347. The zero-order valence-corrected chi connectivity index (χ0v) is 19.1. The van der Waals surface area contributed by atoms with E-state index in [1.165, 1.54) is 0 Å². The van der Waals surface area contributed by atoms with Gasteiger partial charge in [-0.2, -0.15) is 4.98 Å². The molecule has 1 aliphatic rings. The number of hydrogen-bond acceptors (Lipinski definition) is 7. The number of allylic oxidation sites excluding steroid dienone is 1. The Morgan fingerprint density at radius 2 is 2.07 bits per heavy atom. The summed E-state index contributed by atoms with van der Waals surface area (Å²) in [7, 11) is 0. The molecule has 0 saturated heterocycles. The molecule has 2 aromatic rings. The van der Waals surface area contributed by atoms with Crippen molar-refractivity contribution in [2.45, 2.75) is 64.8 Å². The molecule has 162 valence electrons. The largest absolute Gasteiger partial charge is 0.494 e. The average molecular weight is 431 g/mol. The Bertz CT molecular complexity index is 923. The van der Waals surface area contributed by atoms with Crippen LogP contribution in [0.1, 0.15) is 59.1 Å². The number of esters is 1. The minimum Gasteiger partial charge on any atom is -0.494 e. The van der Waals surface area contributed by atoms with E-state index in [2.05, 4.69) is 17.2 Å². The molecule has 1 atom stereocenters. The molecule has 0 radical (unpaired) electrons. The van der Waals surface area contributed by atoms with Crippen molar-refractivity contribution in [3.63, 3.8) is 0 Å². The Labute approximate surface area is 182 Å². The van der Waals surface area contributed by atoms with Gasteiger partial charge in [0.1, 0.15) is 11.8 Å². The minimum atomic E-state index is -0.483. The molecule has 1 aromatic carbocycles. The second-order valence-corrected chi connectivity index (χ2v) is 8.42. The van der Waals surface area contributed by atoms with Gasteiger partial charge >= 0.3 is 5.97 Å². The first-order valence-corrected chi connectivity index (χ1v) is 11.4. The summed E-state index contributed by atoms with van der Waals surface area (Å²) in [4.78, 5) is 17.7. The van der Waals surface area contributed by atoms with Crippen molar-refractivity contribution in [3.05, 3.63) is 41.1 Å². The van der Waals surface area contributed by atoms with Crippen molar-refractivity contribution in [2.24, 2.45) is 0 Å². The number of carbonyl (C=O) groups excluding carboxylic acids is 1. The number of nitrogens with zero attached hydrogens (tertiary/aromatic N) is 3. The molecule has 1 aliphatic heterocycles. The number of ether oxygens (including phenoxy) is 2. The first kappa shape index (κ1) is 22.2. The zero-order chi connectivity index (χ0) is 21.7. The van der Waals surface area contributed by atoms with E-state index in [9.17, 15) is 4.79 Å². The maximum atomic E-state index is 13.1. The summed E-state index contributed by atoms with van der Waals surface area (Å²) in [5.41, 5.74) is 2.08. The number of fused-ring (bicyclic) bond motifs is 1. The number of nitrogens with one attached hydrogen (secondary N) is 1. The van der Waals surface area contributed by atoms with Crippen LogP contribution in [0.15, 0.2) is 40.7 Å². The Morgan fingerprint density at radius 3 is 2.77 bits per heavy atom. The van der Waals surface area contributed by atoms with E-state index in [1.54, 1.807) is 16.4 Å². The molecule has 30 heavy (non-hydrogen) atoms. The second kappa shape index (κ2) is 10.0. The number of anilines is 1. The van der Waals surface area contributed by atoms with Gasteiger partial charge in [-0.15, -0.1) is 5.10 Å². The fourth-order valence-corrected chi connectivity index (χ4v) is 4.24. The average Bonchev–Trinajstić information content (AvgIpc) is 3.09. The standard InChI is InChI=1S/C22H30N4O3S/c1-6-8-13-30-22-24-21-23-15(5)18(20(27)29-14(3)4)19(26(21)25-22)16-11-9-10-12-17(16)28-7-2/h9-12,14,19H,6-8,13H2,1-5H3,(H,23,24,25). The molecule has 0 saturated carbocycles. The highest BCUT2D eigenvalue weighted by Gasteiger charge is 2.37. The lowest BCUT2D eigenvalue weighted by molar-refractivity contribution is -0.143. The summed E-state index contributed by atoms with van der Waals surface area (Å²) < 4.78 is 13.2. The maximum Gasteiger partial charge on any atom is 0.338 e. The van der Waals surface area contributed by atoms with E-state index in [0.29, 0.717) is 29.0 Å². The molecule has 7 nitrogen and oxygen atoms in total. The molecule has 0 fully saturated rings. The van der Waals surface area contributed by atoms with Gasteiger partial charge in [-0.3, -0.25) is 0 Å². The van der Waals surface area contributed by atoms with E-state index in [0.717, 1.165) is 29.9 Å². The van der Waals surface area contributed by atoms with Gasteiger partial charge in [0.25, 0.3) is 0 Å². The number of para-hydroxylation sites is 1. The molecular formula is C22H30N4O3S. The van der Waals surface area contributed by atoms with Crippen molar-refractivity contribution >= 4 is 23.7 Å². The molecule has 1 unspecified atom stereocenters. The Kier molecular flexibility index (Phi) is 7.42. The predicted molar refractivity (Wildman–Crippen MR) is 119 cm³/mol. The lowest BCUT2D eigenvalue weighted by atomic mass is 9.95. The van der Waals surface area contributed by atoms with Gasteiger partial charge in [0.2, 0.25) is 11.1 Å². The normalized spacial score (nSPS) is 15.7. The smallest absolute Gasteiger partial charge is 0.338 e. The van der Waals surface area contributed by atoms with Gasteiger partial charge in [0.15, 0.2) is 0 Å². The molecule has 1 aromatic heterocycles. The highest BCUT2D eigenvalue weighted by Crippen LogP contribution is 2.40. The van der Waals surface area contributed by atoms with Gasteiger partial charge in [-0.1, -0.05) is 43.3 Å². The highest BCUT2D eigenvalue weighted by molar-refractivity contribution is 7.99. The maximum absolute atomic E-state index is 13.1. The molecule has 0 bridgehead atoms. The summed E-state index contributed by atoms with van der Waals surface area (Å²) >= 11 is 1.62. The van der Waals surface area contributed by atoms with Crippen LogP contribution in [0.5, 0.6) is 5.75 Å². The number of thioether (sulfide) groups is 1. The summed E-state index contributed by atoms with van der Waals surface area (Å²) in [5.74, 6) is 1.92. The van der Waals surface area contributed by atoms with Crippen LogP contribution >= 0.6 is 11.8 Å². The predicted octanol–water partition coefficient (Wildman–Crippen LogP) is 4.81. The van der Waals surface area contributed by atoms with E-state index < -0.39 is 6.04 Å². The van der Waals surface area contributed by atoms with Gasteiger partial charge < -0.3 is 14.8 Å². The molecule has 3 rings (SSSR count). The van der Waals surface area contributed by atoms with Crippen molar-refractivity contribution < 1.29 is 14.3 Å².